The first-order chi connectivity index (χ1) is 12.1. The summed E-state index contributed by atoms with van der Waals surface area (Å²) in [4.78, 5) is 7.13. The minimum atomic E-state index is 0. The molecule has 1 aliphatic rings. The van der Waals surface area contributed by atoms with Crippen molar-refractivity contribution in [2.45, 2.75) is 38.0 Å². The summed E-state index contributed by atoms with van der Waals surface area (Å²) in [5, 5.41) is 4.19. The van der Waals surface area contributed by atoms with E-state index < -0.39 is 0 Å². The Hall–Kier alpha value is -0.180. The Kier molecular flexibility index (Phi) is 11.3. The SMILES string of the molecule is CCNC(=NCC1(SCC)CCOCC1)N(C)Cc1cccc(Cl)c1.I. The highest BCUT2D eigenvalue weighted by Crippen LogP contribution is 2.35. The van der Waals surface area contributed by atoms with Crippen molar-refractivity contribution in [1.29, 1.82) is 0 Å². The van der Waals surface area contributed by atoms with Crippen LogP contribution in [0.25, 0.3) is 0 Å². The minimum Gasteiger partial charge on any atom is -0.381 e. The van der Waals surface area contributed by atoms with Crippen LogP contribution in [0.1, 0.15) is 32.3 Å². The highest BCUT2D eigenvalue weighted by atomic mass is 127. The highest BCUT2D eigenvalue weighted by Gasteiger charge is 2.32. The molecule has 2 rings (SSSR count). The molecule has 1 aliphatic heterocycles. The molecule has 1 saturated heterocycles. The Morgan fingerprint density at radius 3 is 2.69 bits per heavy atom. The summed E-state index contributed by atoms with van der Waals surface area (Å²) >= 11 is 8.13. The third-order valence-corrected chi connectivity index (χ3v) is 6.05. The average Bonchev–Trinajstić information content (AvgIpc) is 2.59. The number of aliphatic imine (C=N–C) groups is 1. The molecular formula is C19H31ClIN3OS. The number of hydrogen-bond acceptors (Lipinski definition) is 3. The first-order valence-electron chi connectivity index (χ1n) is 9.04. The number of hydrogen-bond donors (Lipinski definition) is 1. The van der Waals surface area contributed by atoms with Crippen LogP contribution in [0.5, 0.6) is 0 Å². The zero-order valence-corrected chi connectivity index (χ0v) is 19.9. The molecule has 4 nitrogen and oxygen atoms in total. The molecule has 148 valence electrons. The molecule has 0 aromatic heterocycles. The monoisotopic (exact) mass is 511 g/mol. The largest absolute Gasteiger partial charge is 0.381 e. The summed E-state index contributed by atoms with van der Waals surface area (Å²) in [6.07, 6.45) is 2.15. The lowest BCUT2D eigenvalue weighted by atomic mass is 9.99. The maximum atomic E-state index is 6.11. The fourth-order valence-corrected chi connectivity index (χ4v) is 4.51. The Morgan fingerprint density at radius 2 is 2.08 bits per heavy atom. The predicted octanol–water partition coefficient (Wildman–Crippen LogP) is 4.66. The van der Waals surface area contributed by atoms with Crippen molar-refractivity contribution in [2.24, 2.45) is 4.99 Å². The molecule has 26 heavy (non-hydrogen) atoms. The Balaban J connectivity index is 0.00000338. The van der Waals surface area contributed by atoms with Crippen LogP contribution in [0.3, 0.4) is 0 Å². The van der Waals surface area contributed by atoms with Crippen molar-refractivity contribution in [3.63, 3.8) is 0 Å². The molecule has 0 bridgehead atoms. The topological polar surface area (TPSA) is 36.9 Å². The van der Waals surface area contributed by atoms with Crippen molar-refractivity contribution in [2.75, 3.05) is 39.1 Å². The molecule has 0 amide bonds. The maximum Gasteiger partial charge on any atom is 0.194 e. The van der Waals surface area contributed by atoms with Crippen LogP contribution >= 0.6 is 47.3 Å². The van der Waals surface area contributed by atoms with Gasteiger partial charge in [-0.25, -0.2) is 0 Å². The van der Waals surface area contributed by atoms with E-state index in [2.05, 4.69) is 37.2 Å². The number of guanidine groups is 1. The predicted molar refractivity (Wildman–Crippen MR) is 125 cm³/mol. The fraction of sp³-hybridized carbons (Fsp3) is 0.632. The normalized spacial score (nSPS) is 16.7. The summed E-state index contributed by atoms with van der Waals surface area (Å²) in [5.41, 5.74) is 1.18. The molecular weight excluding hydrogens is 481 g/mol. The molecule has 1 aromatic carbocycles. The van der Waals surface area contributed by atoms with E-state index in [1.165, 1.54) is 5.56 Å². The Bertz CT molecular complexity index is 562. The van der Waals surface area contributed by atoms with Crippen molar-refractivity contribution < 1.29 is 4.74 Å². The second kappa shape index (κ2) is 12.3. The molecule has 1 fully saturated rings. The van der Waals surface area contributed by atoms with Crippen LogP contribution in [-0.2, 0) is 11.3 Å². The van der Waals surface area contributed by atoms with Crippen molar-refractivity contribution in [1.82, 2.24) is 10.2 Å². The third kappa shape index (κ3) is 7.44. The summed E-state index contributed by atoms with van der Waals surface area (Å²) in [5.74, 6) is 2.06. The minimum absolute atomic E-state index is 0. The molecule has 0 atom stereocenters. The van der Waals surface area contributed by atoms with Gasteiger partial charge in [-0.2, -0.15) is 11.8 Å². The smallest absolute Gasteiger partial charge is 0.194 e. The first-order valence-corrected chi connectivity index (χ1v) is 10.4. The van der Waals surface area contributed by atoms with Gasteiger partial charge in [0.2, 0.25) is 0 Å². The summed E-state index contributed by atoms with van der Waals surface area (Å²) < 4.78 is 5.78. The van der Waals surface area contributed by atoms with Gasteiger partial charge in [-0.3, -0.25) is 4.99 Å². The molecule has 1 N–H and O–H groups in total. The van der Waals surface area contributed by atoms with Crippen LogP contribution < -0.4 is 5.32 Å². The molecule has 1 heterocycles. The van der Waals surface area contributed by atoms with E-state index in [1.54, 1.807) is 0 Å². The van der Waals surface area contributed by atoms with Gasteiger partial charge >= 0.3 is 0 Å². The zero-order chi connectivity index (χ0) is 18.1. The number of benzene rings is 1. The second-order valence-electron chi connectivity index (χ2n) is 6.38. The number of nitrogens with one attached hydrogen (secondary N) is 1. The van der Waals surface area contributed by atoms with Crippen LogP contribution in [0.15, 0.2) is 29.3 Å². The van der Waals surface area contributed by atoms with Crippen LogP contribution in [0, 0.1) is 0 Å². The molecule has 0 spiro atoms. The van der Waals surface area contributed by atoms with Gasteiger partial charge in [0.15, 0.2) is 5.96 Å². The summed E-state index contributed by atoms with van der Waals surface area (Å²) in [6, 6.07) is 8.00. The molecule has 0 unspecified atom stereocenters. The Morgan fingerprint density at radius 1 is 1.35 bits per heavy atom. The van der Waals surface area contributed by atoms with Crippen LogP contribution in [-0.4, -0.2) is 54.7 Å². The van der Waals surface area contributed by atoms with Gasteiger partial charge in [0.25, 0.3) is 0 Å². The van der Waals surface area contributed by atoms with E-state index in [1.807, 2.05) is 30.0 Å². The number of nitrogens with zero attached hydrogens (tertiary/aromatic N) is 2. The van der Waals surface area contributed by atoms with Gasteiger partial charge in [-0.1, -0.05) is 30.7 Å². The Labute approximate surface area is 184 Å². The van der Waals surface area contributed by atoms with Crippen molar-refractivity contribution in [3.05, 3.63) is 34.9 Å². The highest BCUT2D eigenvalue weighted by molar-refractivity contribution is 14.0. The van der Waals surface area contributed by atoms with E-state index in [4.69, 9.17) is 21.3 Å². The van der Waals surface area contributed by atoms with Gasteiger partial charge in [0, 0.05) is 43.1 Å². The lowest BCUT2D eigenvalue weighted by Crippen LogP contribution is -2.41. The van der Waals surface area contributed by atoms with E-state index in [9.17, 15) is 0 Å². The van der Waals surface area contributed by atoms with Crippen molar-refractivity contribution >= 4 is 53.3 Å². The number of halogens is 2. The van der Waals surface area contributed by atoms with E-state index in [-0.39, 0.29) is 28.7 Å². The van der Waals surface area contributed by atoms with Gasteiger partial charge < -0.3 is 15.0 Å². The summed E-state index contributed by atoms with van der Waals surface area (Å²) in [7, 11) is 2.08. The molecule has 0 radical (unpaired) electrons. The molecule has 1 aromatic rings. The molecule has 7 heteroatoms. The number of rotatable bonds is 7. The lowest BCUT2D eigenvalue weighted by Gasteiger charge is -2.35. The first kappa shape index (κ1) is 23.9. The molecule has 0 saturated carbocycles. The zero-order valence-electron chi connectivity index (χ0n) is 16.0. The van der Waals surface area contributed by atoms with Crippen LogP contribution in [0.4, 0.5) is 0 Å². The van der Waals surface area contributed by atoms with Gasteiger partial charge in [-0.15, -0.1) is 24.0 Å². The second-order valence-corrected chi connectivity index (χ2v) is 8.55. The van der Waals surface area contributed by atoms with Gasteiger partial charge in [0.05, 0.1) is 6.54 Å². The van der Waals surface area contributed by atoms with Gasteiger partial charge in [-0.05, 0) is 43.2 Å². The van der Waals surface area contributed by atoms with Crippen molar-refractivity contribution in [3.8, 4) is 0 Å². The quantitative estimate of drug-likeness (QED) is 0.328. The van der Waals surface area contributed by atoms with Gasteiger partial charge in [0.1, 0.15) is 0 Å². The van der Waals surface area contributed by atoms with Crippen LogP contribution in [0.2, 0.25) is 5.02 Å². The number of ether oxygens (including phenoxy) is 1. The standard InChI is InChI=1S/C19H30ClN3OS.HI/c1-4-21-18(23(3)14-16-7-6-8-17(20)13-16)22-15-19(25-5-2)9-11-24-12-10-19;/h6-8,13H,4-5,9-12,14-15H2,1-3H3,(H,21,22);1H. The average molecular weight is 512 g/mol. The lowest BCUT2D eigenvalue weighted by molar-refractivity contribution is 0.0793. The molecule has 0 aliphatic carbocycles. The number of thioether (sulfide) groups is 1. The fourth-order valence-electron chi connectivity index (χ4n) is 3.07. The third-order valence-electron chi connectivity index (χ3n) is 4.38. The van der Waals surface area contributed by atoms with E-state index >= 15 is 0 Å². The van der Waals surface area contributed by atoms with E-state index in [0.29, 0.717) is 0 Å². The van der Waals surface area contributed by atoms with E-state index in [0.717, 1.165) is 62.4 Å². The summed E-state index contributed by atoms with van der Waals surface area (Å²) in [6.45, 7) is 8.49. The maximum absolute atomic E-state index is 6.11.